The quantitative estimate of drug-likeness (QED) is 0.853. The Hall–Kier alpha value is -1.89. The van der Waals surface area contributed by atoms with Gasteiger partial charge in [0.05, 0.1) is 13.2 Å². The second-order valence-electron chi connectivity index (χ2n) is 5.37. The maximum absolute atomic E-state index is 12.1. The molecule has 3 rings (SSSR count). The van der Waals surface area contributed by atoms with E-state index in [4.69, 9.17) is 9.47 Å². The summed E-state index contributed by atoms with van der Waals surface area (Å²) in [5.74, 6) is 0.394. The van der Waals surface area contributed by atoms with Crippen molar-refractivity contribution < 1.29 is 17.9 Å². The first-order valence-electron chi connectivity index (χ1n) is 7.52. The fraction of sp³-hybridized carbons (Fsp3) is 0.294. The Labute approximate surface area is 136 Å². The number of sulfonamides is 1. The Bertz CT molecular complexity index is 746. The van der Waals surface area contributed by atoms with Gasteiger partial charge in [0, 0.05) is 13.0 Å². The van der Waals surface area contributed by atoms with Crippen LogP contribution in [-0.4, -0.2) is 27.7 Å². The smallest absolute Gasteiger partial charge is 0.244 e. The molecule has 1 heterocycles. The maximum atomic E-state index is 12.1. The summed E-state index contributed by atoms with van der Waals surface area (Å²) in [6.07, 6.45) is 0.369. The molecule has 122 valence electrons. The molecule has 0 bridgehead atoms. The number of fused-ring (bicyclic) bond motifs is 1. The summed E-state index contributed by atoms with van der Waals surface area (Å²) in [7, 11) is -3.50. The van der Waals surface area contributed by atoms with Gasteiger partial charge >= 0.3 is 0 Å². The van der Waals surface area contributed by atoms with Crippen LogP contribution in [0.3, 0.4) is 0 Å². The summed E-state index contributed by atoms with van der Waals surface area (Å²) in [6.45, 7) is 1.28. The van der Waals surface area contributed by atoms with E-state index < -0.39 is 10.0 Å². The van der Waals surface area contributed by atoms with Crippen LogP contribution < -0.4 is 9.46 Å². The van der Waals surface area contributed by atoms with Crippen molar-refractivity contribution in [1.29, 1.82) is 0 Å². The third-order valence-electron chi connectivity index (χ3n) is 3.63. The van der Waals surface area contributed by atoms with Crippen LogP contribution in [-0.2, 0) is 21.4 Å². The van der Waals surface area contributed by atoms with Crippen molar-refractivity contribution in [3.63, 3.8) is 0 Å². The monoisotopic (exact) mass is 333 g/mol. The molecule has 2 aromatic carbocycles. The van der Waals surface area contributed by atoms with Crippen LogP contribution >= 0.6 is 0 Å². The number of hydrogen-bond acceptors (Lipinski definition) is 4. The summed E-state index contributed by atoms with van der Waals surface area (Å²) in [5, 5.41) is 0. The van der Waals surface area contributed by atoms with Gasteiger partial charge in [-0.2, -0.15) is 0 Å². The Kier molecular flexibility index (Phi) is 4.95. The van der Waals surface area contributed by atoms with Crippen molar-refractivity contribution >= 4 is 10.0 Å². The van der Waals surface area contributed by atoms with E-state index in [0.29, 0.717) is 25.4 Å². The lowest BCUT2D eigenvalue weighted by Gasteiger charge is -2.16. The van der Waals surface area contributed by atoms with E-state index in [1.807, 2.05) is 30.3 Å². The van der Waals surface area contributed by atoms with E-state index in [0.717, 1.165) is 5.56 Å². The standard InChI is InChI=1S/C17H19NO4S/c19-23(20)17-9-5-4-8-16(17)22-15(12-18-23)10-11-21-13-14-6-2-1-3-7-14/h1-9,15,18H,10-13H2. The van der Waals surface area contributed by atoms with E-state index in [9.17, 15) is 8.42 Å². The van der Waals surface area contributed by atoms with Gasteiger partial charge in [-0.25, -0.2) is 13.1 Å². The van der Waals surface area contributed by atoms with E-state index in [-0.39, 0.29) is 17.5 Å². The molecule has 1 aliphatic rings. The molecule has 1 aliphatic heterocycles. The Balaban J connectivity index is 1.56. The molecule has 0 saturated carbocycles. The minimum absolute atomic E-state index is 0.188. The van der Waals surface area contributed by atoms with E-state index in [1.165, 1.54) is 0 Å². The van der Waals surface area contributed by atoms with Crippen molar-refractivity contribution in [2.24, 2.45) is 0 Å². The zero-order valence-corrected chi connectivity index (χ0v) is 13.5. The molecule has 6 heteroatoms. The van der Waals surface area contributed by atoms with Gasteiger partial charge in [-0.3, -0.25) is 0 Å². The molecule has 0 aromatic heterocycles. The molecule has 0 fully saturated rings. The van der Waals surface area contributed by atoms with E-state index >= 15 is 0 Å². The van der Waals surface area contributed by atoms with Gasteiger partial charge in [0.15, 0.2) is 0 Å². The second-order valence-corrected chi connectivity index (χ2v) is 7.10. The van der Waals surface area contributed by atoms with E-state index in [2.05, 4.69) is 4.72 Å². The number of ether oxygens (including phenoxy) is 2. The Morgan fingerprint density at radius 1 is 1.09 bits per heavy atom. The maximum Gasteiger partial charge on any atom is 0.244 e. The molecule has 0 radical (unpaired) electrons. The van der Waals surface area contributed by atoms with Crippen LogP contribution in [0.5, 0.6) is 5.75 Å². The van der Waals surface area contributed by atoms with Crippen LogP contribution in [0.4, 0.5) is 0 Å². The zero-order valence-electron chi connectivity index (χ0n) is 12.6. The highest BCUT2D eigenvalue weighted by Crippen LogP contribution is 2.27. The highest BCUT2D eigenvalue weighted by Gasteiger charge is 2.26. The molecule has 0 amide bonds. The zero-order chi connectivity index (χ0) is 16.1. The topological polar surface area (TPSA) is 64.6 Å². The SMILES string of the molecule is O=S1(=O)NCC(CCOCc2ccccc2)Oc2ccccc21. The van der Waals surface area contributed by atoms with Crippen LogP contribution in [0.15, 0.2) is 59.5 Å². The molecular formula is C17H19NO4S. The Morgan fingerprint density at radius 2 is 1.83 bits per heavy atom. The number of nitrogens with one attached hydrogen (secondary N) is 1. The van der Waals surface area contributed by atoms with Gasteiger partial charge in [-0.05, 0) is 17.7 Å². The van der Waals surface area contributed by atoms with Gasteiger partial charge in [-0.1, -0.05) is 42.5 Å². The summed E-state index contributed by atoms with van der Waals surface area (Å²) < 4.78 is 38.3. The fourth-order valence-electron chi connectivity index (χ4n) is 2.41. The molecular weight excluding hydrogens is 314 g/mol. The first kappa shape index (κ1) is 16.0. The van der Waals surface area contributed by atoms with Crippen LogP contribution in [0, 0.1) is 0 Å². The van der Waals surface area contributed by atoms with Crippen LogP contribution in [0.1, 0.15) is 12.0 Å². The molecule has 2 aromatic rings. The molecule has 0 aliphatic carbocycles. The lowest BCUT2D eigenvalue weighted by molar-refractivity contribution is 0.0837. The minimum atomic E-state index is -3.50. The van der Waals surface area contributed by atoms with Crippen molar-refractivity contribution in [3.8, 4) is 5.75 Å². The number of para-hydroxylation sites is 1. The van der Waals surface area contributed by atoms with Crippen molar-refractivity contribution in [2.75, 3.05) is 13.2 Å². The summed E-state index contributed by atoms with van der Waals surface area (Å²) in [5.41, 5.74) is 1.11. The van der Waals surface area contributed by atoms with Crippen LogP contribution in [0.2, 0.25) is 0 Å². The molecule has 0 saturated heterocycles. The van der Waals surface area contributed by atoms with Crippen molar-refractivity contribution in [2.45, 2.75) is 24.0 Å². The molecule has 1 atom stereocenters. The summed E-state index contributed by atoms with van der Waals surface area (Å²) in [4.78, 5) is 0.188. The molecule has 1 N–H and O–H groups in total. The lowest BCUT2D eigenvalue weighted by atomic mass is 10.2. The highest BCUT2D eigenvalue weighted by atomic mass is 32.2. The second kappa shape index (κ2) is 7.12. The molecule has 23 heavy (non-hydrogen) atoms. The van der Waals surface area contributed by atoms with Crippen molar-refractivity contribution in [1.82, 2.24) is 4.72 Å². The number of hydrogen-bond donors (Lipinski definition) is 1. The third kappa shape index (κ3) is 4.10. The highest BCUT2D eigenvalue weighted by molar-refractivity contribution is 7.89. The first-order chi connectivity index (χ1) is 11.1. The van der Waals surface area contributed by atoms with Gasteiger partial charge in [0.1, 0.15) is 16.7 Å². The third-order valence-corrected chi connectivity index (χ3v) is 5.09. The predicted octanol–water partition coefficient (Wildman–Crippen LogP) is 2.33. The average molecular weight is 333 g/mol. The van der Waals surface area contributed by atoms with Gasteiger partial charge in [0.25, 0.3) is 0 Å². The number of rotatable bonds is 5. The first-order valence-corrected chi connectivity index (χ1v) is 9.00. The lowest BCUT2D eigenvalue weighted by Crippen LogP contribution is -2.32. The molecule has 5 nitrogen and oxygen atoms in total. The van der Waals surface area contributed by atoms with Gasteiger partial charge in [0.2, 0.25) is 10.0 Å². The molecule has 1 unspecified atom stereocenters. The van der Waals surface area contributed by atoms with Crippen LogP contribution in [0.25, 0.3) is 0 Å². The average Bonchev–Trinajstić information content (AvgIpc) is 2.69. The number of benzene rings is 2. The van der Waals surface area contributed by atoms with E-state index in [1.54, 1.807) is 24.3 Å². The fourth-order valence-corrected chi connectivity index (χ4v) is 3.61. The largest absolute Gasteiger partial charge is 0.488 e. The minimum Gasteiger partial charge on any atom is -0.488 e. The summed E-state index contributed by atoms with van der Waals surface area (Å²) in [6, 6.07) is 16.6. The summed E-state index contributed by atoms with van der Waals surface area (Å²) >= 11 is 0. The van der Waals surface area contributed by atoms with Gasteiger partial charge < -0.3 is 9.47 Å². The predicted molar refractivity (Wildman–Crippen MR) is 86.8 cm³/mol. The molecule has 0 spiro atoms. The van der Waals surface area contributed by atoms with Gasteiger partial charge in [-0.15, -0.1) is 0 Å². The van der Waals surface area contributed by atoms with Crippen molar-refractivity contribution in [3.05, 3.63) is 60.2 Å². The normalized spacial score (nSPS) is 19.4. The Morgan fingerprint density at radius 3 is 2.65 bits per heavy atom.